The lowest BCUT2D eigenvalue weighted by molar-refractivity contribution is 0.122. The summed E-state index contributed by atoms with van der Waals surface area (Å²) in [6.45, 7) is 6.71. The van der Waals surface area contributed by atoms with Crippen LogP contribution in [0.25, 0.3) is 0 Å². The van der Waals surface area contributed by atoms with Crippen LogP contribution >= 0.6 is 0 Å². The Morgan fingerprint density at radius 2 is 1.73 bits per heavy atom. The van der Waals surface area contributed by atoms with Crippen LogP contribution in [0.1, 0.15) is 5.56 Å². The highest BCUT2D eigenvalue weighted by Gasteiger charge is 2.29. The molecular weight excluding hydrogens is 406 g/mol. The predicted molar refractivity (Wildman–Crippen MR) is 114 cm³/mol. The van der Waals surface area contributed by atoms with Gasteiger partial charge in [-0.1, -0.05) is 0 Å². The zero-order valence-corrected chi connectivity index (χ0v) is 18.1. The van der Waals surface area contributed by atoms with E-state index in [2.05, 4.69) is 14.8 Å². The molecule has 0 aliphatic carbocycles. The standard InChI is InChI=1S/C20H27N5O4S/c1-16-15-17(3-4-18(16)28-2)30(26,27)25-9-7-23(8-10-25)19-5-6-21-20(22-19)24-11-13-29-14-12-24/h3-6,15H,7-14H2,1-2H3. The van der Waals surface area contributed by atoms with Crippen LogP contribution in [0.4, 0.5) is 11.8 Å². The van der Waals surface area contributed by atoms with Crippen molar-refractivity contribution in [3.63, 3.8) is 0 Å². The highest BCUT2D eigenvalue weighted by molar-refractivity contribution is 7.89. The Labute approximate surface area is 177 Å². The van der Waals surface area contributed by atoms with E-state index in [0.29, 0.717) is 56.0 Å². The van der Waals surface area contributed by atoms with Crippen LogP contribution in [-0.2, 0) is 14.8 Å². The monoisotopic (exact) mass is 433 g/mol. The van der Waals surface area contributed by atoms with Gasteiger partial charge in [-0.15, -0.1) is 0 Å². The van der Waals surface area contributed by atoms with Crippen molar-refractivity contribution in [2.45, 2.75) is 11.8 Å². The zero-order valence-electron chi connectivity index (χ0n) is 17.3. The molecule has 162 valence electrons. The average Bonchev–Trinajstić information content (AvgIpc) is 2.80. The number of methoxy groups -OCH3 is 1. The first-order valence-corrected chi connectivity index (χ1v) is 11.5. The zero-order chi connectivity index (χ0) is 21.1. The molecule has 0 atom stereocenters. The van der Waals surface area contributed by atoms with Gasteiger partial charge in [0.25, 0.3) is 0 Å². The summed E-state index contributed by atoms with van der Waals surface area (Å²) in [7, 11) is -1.97. The molecule has 2 aliphatic heterocycles. The summed E-state index contributed by atoms with van der Waals surface area (Å²) in [6.07, 6.45) is 1.76. The molecule has 0 amide bonds. The van der Waals surface area contributed by atoms with Gasteiger partial charge in [0, 0.05) is 45.5 Å². The molecule has 4 rings (SSSR count). The number of sulfonamides is 1. The normalized spacial score (nSPS) is 18.5. The van der Waals surface area contributed by atoms with Gasteiger partial charge < -0.3 is 19.3 Å². The third-order valence-electron chi connectivity index (χ3n) is 5.49. The quantitative estimate of drug-likeness (QED) is 0.694. The van der Waals surface area contributed by atoms with Crippen LogP contribution in [0.15, 0.2) is 35.4 Å². The number of benzene rings is 1. The molecule has 1 aromatic carbocycles. The molecule has 0 bridgehead atoms. The lowest BCUT2D eigenvalue weighted by Crippen LogP contribution is -2.49. The summed E-state index contributed by atoms with van der Waals surface area (Å²) in [5.41, 5.74) is 0.800. The molecule has 0 N–H and O–H groups in total. The fraction of sp³-hybridized carbons (Fsp3) is 0.500. The van der Waals surface area contributed by atoms with Gasteiger partial charge in [-0.2, -0.15) is 9.29 Å². The van der Waals surface area contributed by atoms with E-state index in [1.54, 1.807) is 31.5 Å². The molecular formula is C20H27N5O4S. The number of piperazine rings is 1. The third kappa shape index (κ3) is 4.21. The van der Waals surface area contributed by atoms with E-state index in [-0.39, 0.29) is 0 Å². The van der Waals surface area contributed by atoms with Crippen molar-refractivity contribution >= 4 is 21.8 Å². The minimum Gasteiger partial charge on any atom is -0.496 e. The summed E-state index contributed by atoms with van der Waals surface area (Å²) in [5.74, 6) is 2.20. The van der Waals surface area contributed by atoms with E-state index in [4.69, 9.17) is 14.5 Å². The van der Waals surface area contributed by atoms with Gasteiger partial charge in [0.1, 0.15) is 11.6 Å². The van der Waals surface area contributed by atoms with Crippen molar-refractivity contribution in [1.29, 1.82) is 0 Å². The summed E-state index contributed by atoms with van der Waals surface area (Å²) in [5, 5.41) is 0. The maximum Gasteiger partial charge on any atom is 0.243 e. The Morgan fingerprint density at radius 1 is 1.00 bits per heavy atom. The molecule has 10 heteroatoms. The average molecular weight is 434 g/mol. The van der Waals surface area contributed by atoms with Crippen LogP contribution < -0.4 is 14.5 Å². The number of aromatic nitrogens is 2. The molecule has 9 nitrogen and oxygen atoms in total. The van der Waals surface area contributed by atoms with Crippen molar-refractivity contribution in [2.75, 3.05) is 69.4 Å². The van der Waals surface area contributed by atoms with Crippen molar-refractivity contribution in [1.82, 2.24) is 14.3 Å². The summed E-state index contributed by atoms with van der Waals surface area (Å²) >= 11 is 0. The number of morpholine rings is 1. The van der Waals surface area contributed by atoms with Gasteiger partial charge in [-0.05, 0) is 36.8 Å². The van der Waals surface area contributed by atoms with E-state index in [1.807, 2.05) is 13.0 Å². The second-order valence-electron chi connectivity index (χ2n) is 7.34. The Hall–Kier alpha value is -2.43. The molecule has 2 saturated heterocycles. The smallest absolute Gasteiger partial charge is 0.243 e. The number of nitrogens with zero attached hydrogens (tertiary/aromatic N) is 5. The van der Waals surface area contributed by atoms with Gasteiger partial charge >= 0.3 is 0 Å². The minimum atomic E-state index is -3.54. The lowest BCUT2D eigenvalue weighted by Gasteiger charge is -2.35. The first-order valence-electron chi connectivity index (χ1n) is 10.0. The van der Waals surface area contributed by atoms with Crippen LogP contribution in [0.3, 0.4) is 0 Å². The van der Waals surface area contributed by atoms with Crippen molar-refractivity contribution in [2.24, 2.45) is 0 Å². The lowest BCUT2D eigenvalue weighted by atomic mass is 10.2. The number of anilines is 2. The van der Waals surface area contributed by atoms with E-state index in [9.17, 15) is 8.42 Å². The van der Waals surface area contributed by atoms with Crippen LogP contribution in [0, 0.1) is 6.92 Å². The van der Waals surface area contributed by atoms with E-state index in [0.717, 1.165) is 24.5 Å². The second kappa shape index (κ2) is 8.75. The SMILES string of the molecule is COc1ccc(S(=O)(=O)N2CCN(c3ccnc(N4CCOCC4)n3)CC2)cc1C. The molecule has 2 fully saturated rings. The first kappa shape index (κ1) is 20.8. The van der Waals surface area contributed by atoms with Crippen LogP contribution in [-0.4, -0.2) is 82.3 Å². The van der Waals surface area contributed by atoms with E-state index >= 15 is 0 Å². The van der Waals surface area contributed by atoms with Crippen molar-refractivity contribution in [3.8, 4) is 5.75 Å². The number of rotatable bonds is 5. The Kier molecular flexibility index (Phi) is 6.07. The Balaban J connectivity index is 1.44. The van der Waals surface area contributed by atoms with Gasteiger partial charge in [0.2, 0.25) is 16.0 Å². The molecule has 0 saturated carbocycles. The van der Waals surface area contributed by atoms with Crippen molar-refractivity contribution in [3.05, 3.63) is 36.0 Å². The van der Waals surface area contributed by atoms with Crippen LogP contribution in [0.2, 0.25) is 0 Å². The summed E-state index contributed by atoms with van der Waals surface area (Å²) in [6, 6.07) is 6.85. The third-order valence-corrected chi connectivity index (χ3v) is 7.38. The van der Waals surface area contributed by atoms with Gasteiger partial charge in [0.15, 0.2) is 0 Å². The van der Waals surface area contributed by atoms with Crippen LogP contribution in [0.5, 0.6) is 5.75 Å². The van der Waals surface area contributed by atoms with Gasteiger partial charge in [-0.25, -0.2) is 13.4 Å². The highest BCUT2D eigenvalue weighted by atomic mass is 32.2. The largest absolute Gasteiger partial charge is 0.496 e. The molecule has 0 unspecified atom stereocenters. The topological polar surface area (TPSA) is 88.1 Å². The highest BCUT2D eigenvalue weighted by Crippen LogP contribution is 2.25. The van der Waals surface area contributed by atoms with E-state index < -0.39 is 10.0 Å². The van der Waals surface area contributed by atoms with Gasteiger partial charge in [0.05, 0.1) is 25.2 Å². The summed E-state index contributed by atoms with van der Waals surface area (Å²) in [4.78, 5) is 13.6. The Morgan fingerprint density at radius 3 is 2.40 bits per heavy atom. The number of hydrogen-bond acceptors (Lipinski definition) is 8. The number of aryl methyl sites for hydroxylation is 1. The predicted octanol–water partition coefficient (Wildman–Crippen LogP) is 1.14. The first-order chi connectivity index (χ1) is 14.5. The molecule has 0 radical (unpaired) electrons. The number of hydrogen-bond donors (Lipinski definition) is 0. The molecule has 1 aromatic heterocycles. The molecule has 30 heavy (non-hydrogen) atoms. The summed E-state index contributed by atoms with van der Waals surface area (Å²) < 4.78 is 38.3. The van der Waals surface area contributed by atoms with Crippen molar-refractivity contribution < 1.29 is 17.9 Å². The second-order valence-corrected chi connectivity index (χ2v) is 9.27. The Bertz CT molecular complexity index is 986. The maximum absolute atomic E-state index is 13.1. The molecule has 0 spiro atoms. The molecule has 2 aromatic rings. The minimum absolute atomic E-state index is 0.297. The fourth-order valence-corrected chi connectivity index (χ4v) is 5.26. The maximum atomic E-state index is 13.1. The molecule has 3 heterocycles. The molecule has 2 aliphatic rings. The van der Waals surface area contributed by atoms with Gasteiger partial charge in [-0.3, -0.25) is 0 Å². The number of ether oxygens (including phenoxy) is 2. The fourth-order valence-electron chi connectivity index (χ4n) is 3.75. The van der Waals surface area contributed by atoms with E-state index in [1.165, 1.54) is 4.31 Å².